The molecule has 108 valence electrons. The molecule has 0 aromatic carbocycles. The summed E-state index contributed by atoms with van der Waals surface area (Å²) in [5.41, 5.74) is -0.108. The topological polar surface area (TPSA) is 42.4 Å². The van der Waals surface area contributed by atoms with Gasteiger partial charge in [0, 0.05) is 18.2 Å². The predicted molar refractivity (Wildman–Crippen MR) is 72.2 cm³/mol. The van der Waals surface area contributed by atoms with Gasteiger partial charge in [0.1, 0.15) is 0 Å². The molecule has 2 aliphatic rings. The van der Waals surface area contributed by atoms with Gasteiger partial charge in [-0.2, -0.15) is 0 Å². The molecule has 2 fully saturated rings. The second kappa shape index (κ2) is 5.38. The lowest BCUT2D eigenvalue weighted by molar-refractivity contribution is 0.0658. The molecule has 1 aromatic heterocycles. The smallest absolute Gasteiger partial charge is 0.276 e. The van der Waals surface area contributed by atoms with Crippen LogP contribution in [0.25, 0.3) is 0 Å². The van der Waals surface area contributed by atoms with Crippen LogP contribution in [0.15, 0.2) is 12.1 Å². The number of rotatable bonds is 2. The van der Waals surface area contributed by atoms with Crippen LogP contribution in [0.2, 0.25) is 0 Å². The number of aromatic nitrogens is 1. The Bertz CT molecular complexity index is 507. The summed E-state index contributed by atoms with van der Waals surface area (Å²) in [4.78, 5) is 18.5. The summed E-state index contributed by atoms with van der Waals surface area (Å²) in [6.45, 7) is 0. The highest BCUT2D eigenvalue weighted by atomic mass is 19.1. The maximum atomic E-state index is 13.9. The fourth-order valence-electron chi connectivity index (χ4n) is 3.43. The molecule has 2 aliphatic heterocycles. The number of fused-ring (bicyclic) bond motifs is 2. The Hall–Kier alpha value is -1.65. The predicted octanol–water partition coefficient (Wildman–Crippen LogP) is 2.78. The number of amides is 1. The molecule has 20 heavy (non-hydrogen) atoms. The maximum absolute atomic E-state index is 13.9. The van der Waals surface area contributed by atoms with Crippen molar-refractivity contribution in [1.82, 2.24) is 9.88 Å². The van der Waals surface area contributed by atoms with Crippen molar-refractivity contribution in [2.75, 3.05) is 7.11 Å². The molecule has 2 bridgehead atoms. The number of hydrogen-bond donors (Lipinski definition) is 0. The number of ether oxygens (including phenoxy) is 1. The molecule has 0 saturated carbocycles. The summed E-state index contributed by atoms with van der Waals surface area (Å²) in [5, 5.41) is 0. The van der Waals surface area contributed by atoms with E-state index >= 15 is 0 Å². The lowest BCUT2D eigenvalue weighted by Gasteiger charge is -2.28. The van der Waals surface area contributed by atoms with Crippen molar-refractivity contribution in [2.45, 2.75) is 50.6 Å². The average molecular weight is 278 g/mol. The zero-order valence-electron chi connectivity index (χ0n) is 11.6. The summed E-state index contributed by atoms with van der Waals surface area (Å²) in [6.07, 6.45) is 6.41. The van der Waals surface area contributed by atoms with Gasteiger partial charge in [0.25, 0.3) is 5.91 Å². The van der Waals surface area contributed by atoms with Crippen LogP contribution in [0, 0.1) is 5.82 Å². The van der Waals surface area contributed by atoms with Gasteiger partial charge < -0.3 is 9.64 Å². The minimum absolute atomic E-state index is 0.108. The first kappa shape index (κ1) is 13.3. The van der Waals surface area contributed by atoms with E-state index in [2.05, 4.69) is 4.98 Å². The van der Waals surface area contributed by atoms with Gasteiger partial charge in [0.2, 0.25) is 5.88 Å². The first-order valence-corrected chi connectivity index (χ1v) is 7.24. The van der Waals surface area contributed by atoms with Crippen LogP contribution in [0.3, 0.4) is 0 Å². The molecule has 5 heteroatoms. The van der Waals surface area contributed by atoms with Crippen LogP contribution in [-0.4, -0.2) is 35.0 Å². The van der Waals surface area contributed by atoms with Crippen molar-refractivity contribution >= 4 is 5.91 Å². The van der Waals surface area contributed by atoms with Crippen LogP contribution in [0.4, 0.5) is 4.39 Å². The lowest BCUT2D eigenvalue weighted by Crippen LogP contribution is -2.40. The monoisotopic (exact) mass is 278 g/mol. The summed E-state index contributed by atoms with van der Waals surface area (Å²) in [7, 11) is 1.46. The largest absolute Gasteiger partial charge is 0.481 e. The zero-order chi connectivity index (χ0) is 14.1. The number of hydrogen-bond acceptors (Lipinski definition) is 3. The van der Waals surface area contributed by atoms with E-state index in [1.165, 1.54) is 19.2 Å². The molecule has 2 saturated heterocycles. The van der Waals surface area contributed by atoms with Gasteiger partial charge in [-0.05, 0) is 31.7 Å². The molecule has 2 unspecified atom stereocenters. The molecule has 4 nitrogen and oxygen atoms in total. The highest BCUT2D eigenvalue weighted by Gasteiger charge is 2.39. The van der Waals surface area contributed by atoms with Gasteiger partial charge in [0.15, 0.2) is 11.5 Å². The quantitative estimate of drug-likeness (QED) is 0.835. The fraction of sp³-hybridized carbons (Fsp3) is 0.600. The number of methoxy groups -OCH3 is 1. The summed E-state index contributed by atoms with van der Waals surface area (Å²) in [5.74, 6) is -0.577. The molecule has 3 heterocycles. The molecule has 0 radical (unpaired) electrons. The Morgan fingerprint density at radius 1 is 1.25 bits per heavy atom. The standard InChI is InChI=1S/C15H19FN2O2/c1-20-13-9-8-12(16)14(17-13)15(19)18-10-4-2-3-5-11(18)7-6-10/h8-11H,2-7H2,1H3. The molecule has 0 N–H and O–H groups in total. The van der Waals surface area contributed by atoms with Gasteiger partial charge in [0.05, 0.1) is 7.11 Å². The SMILES string of the molecule is COc1ccc(F)c(C(=O)N2C3CCCCC2CC3)n1. The highest BCUT2D eigenvalue weighted by Crippen LogP contribution is 2.35. The van der Waals surface area contributed by atoms with E-state index in [4.69, 9.17) is 4.74 Å². The third-order valence-corrected chi connectivity index (χ3v) is 4.41. The van der Waals surface area contributed by atoms with E-state index in [1.807, 2.05) is 4.90 Å². The van der Waals surface area contributed by atoms with E-state index in [0.29, 0.717) is 0 Å². The Labute approximate surface area is 117 Å². The van der Waals surface area contributed by atoms with Crippen LogP contribution in [0.1, 0.15) is 49.0 Å². The van der Waals surface area contributed by atoms with Crippen molar-refractivity contribution < 1.29 is 13.9 Å². The number of carbonyl (C=O) groups is 1. The lowest BCUT2D eigenvalue weighted by atomic mass is 10.0. The van der Waals surface area contributed by atoms with E-state index in [1.54, 1.807) is 0 Å². The van der Waals surface area contributed by atoms with Crippen molar-refractivity contribution in [1.29, 1.82) is 0 Å². The normalized spacial score (nSPS) is 25.4. The van der Waals surface area contributed by atoms with Crippen LogP contribution in [0.5, 0.6) is 5.88 Å². The van der Waals surface area contributed by atoms with Crippen LogP contribution < -0.4 is 4.74 Å². The number of nitrogens with zero attached hydrogens (tertiary/aromatic N) is 2. The van der Waals surface area contributed by atoms with Gasteiger partial charge >= 0.3 is 0 Å². The van der Waals surface area contributed by atoms with Crippen molar-refractivity contribution in [3.05, 3.63) is 23.6 Å². The van der Waals surface area contributed by atoms with Crippen molar-refractivity contribution in [3.63, 3.8) is 0 Å². The third-order valence-electron chi connectivity index (χ3n) is 4.41. The van der Waals surface area contributed by atoms with Gasteiger partial charge in [-0.3, -0.25) is 4.79 Å². The number of pyridine rings is 1. The Kier molecular flexibility index (Phi) is 3.59. The molecular weight excluding hydrogens is 259 g/mol. The van der Waals surface area contributed by atoms with E-state index in [-0.39, 0.29) is 29.6 Å². The van der Waals surface area contributed by atoms with Crippen LogP contribution in [-0.2, 0) is 0 Å². The molecular formula is C15H19FN2O2. The molecule has 2 atom stereocenters. The van der Waals surface area contributed by atoms with Gasteiger partial charge in [-0.1, -0.05) is 12.8 Å². The zero-order valence-corrected chi connectivity index (χ0v) is 11.6. The molecule has 0 aliphatic carbocycles. The van der Waals surface area contributed by atoms with E-state index in [9.17, 15) is 9.18 Å². The number of halogens is 1. The Balaban J connectivity index is 1.92. The van der Waals surface area contributed by atoms with Crippen LogP contribution >= 0.6 is 0 Å². The number of carbonyl (C=O) groups excluding carboxylic acids is 1. The fourth-order valence-corrected chi connectivity index (χ4v) is 3.43. The maximum Gasteiger partial charge on any atom is 0.276 e. The van der Waals surface area contributed by atoms with Gasteiger partial charge in [-0.25, -0.2) is 9.37 Å². The highest BCUT2D eigenvalue weighted by molar-refractivity contribution is 5.93. The van der Waals surface area contributed by atoms with Gasteiger partial charge in [-0.15, -0.1) is 0 Å². The molecule has 3 rings (SSSR count). The third kappa shape index (κ3) is 2.25. The second-order valence-corrected chi connectivity index (χ2v) is 5.57. The van der Waals surface area contributed by atoms with Crippen molar-refractivity contribution in [3.8, 4) is 5.88 Å². The molecule has 1 aromatic rings. The molecule has 0 spiro atoms. The van der Waals surface area contributed by atoms with E-state index < -0.39 is 5.82 Å². The second-order valence-electron chi connectivity index (χ2n) is 5.57. The minimum Gasteiger partial charge on any atom is -0.481 e. The minimum atomic E-state index is -0.570. The van der Waals surface area contributed by atoms with Crippen molar-refractivity contribution in [2.24, 2.45) is 0 Å². The Morgan fingerprint density at radius 3 is 2.50 bits per heavy atom. The first-order chi connectivity index (χ1) is 9.70. The summed E-state index contributed by atoms with van der Waals surface area (Å²) < 4.78 is 18.9. The summed E-state index contributed by atoms with van der Waals surface area (Å²) in [6, 6.07) is 3.19. The summed E-state index contributed by atoms with van der Waals surface area (Å²) >= 11 is 0. The molecule has 1 amide bonds. The van der Waals surface area contributed by atoms with E-state index in [0.717, 1.165) is 38.5 Å². The Morgan fingerprint density at radius 2 is 1.90 bits per heavy atom. The average Bonchev–Trinajstić information content (AvgIpc) is 2.72. The first-order valence-electron chi connectivity index (χ1n) is 7.24.